The van der Waals surface area contributed by atoms with E-state index in [2.05, 4.69) is 0 Å². The van der Waals surface area contributed by atoms with Gasteiger partial charge < -0.3 is 0 Å². The largest absolute Gasteiger partial charge is 0.501 e. The molecule has 18 heavy (non-hydrogen) atoms. The predicted octanol–water partition coefficient (Wildman–Crippen LogP) is 2.67. The van der Waals surface area contributed by atoms with E-state index >= 15 is 0 Å². The molecule has 1 rings (SSSR count). The molecule has 1 atom stereocenters. The van der Waals surface area contributed by atoms with Crippen molar-refractivity contribution in [3.8, 4) is 0 Å². The molecule has 1 aromatic rings. The Morgan fingerprint density at radius 1 is 1.22 bits per heavy atom. The van der Waals surface area contributed by atoms with Gasteiger partial charge in [-0.2, -0.15) is 13.2 Å². The van der Waals surface area contributed by atoms with E-state index in [0.717, 1.165) is 6.07 Å². The van der Waals surface area contributed by atoms with Crippen LogP contribution in [0, 0.1) is 0 Å². The highest BCUT2D eigenvalue weighted by Gasteiger charge is 2.48. The number of ketones is 1. The van der Waals surface area contributed by atoms with Crippen molar-refractivity contribution < 1.29 is 26.4 Å². The van der Waals surface area contributed by atoms with Gasteiger partial charge in [0.1, 0.15) is 5.78 Å². The predicted molar refractivity (Wildman–Crippen MR) is 58.8 cm³/mol. The van der Waals surface area contributed by atoms with Crippen LogP contribution >= 0.6 is 0 Å². The molecule has 0 saturated carbocycles. The highest BCUT2D eigenvalue weighted by atomic mass is 32.2. The number of carbonyl (C=O) groups is 1. The van der Waals surface area contributed by atoms with E-state index in [9.17, 15) is 26.4 Å². The van der Waals surface area contributed by atoms with E-state index in [1.54, 1.807) is 0 Å². The number of alkyl halides is 3. The van der Waals surface area contributed by atoms with Crippen LogP contribution in [0.1, 0.15) is 25.3 Å². The van der Waals surface area contributed by atoms with Gasteiger partial charge in [-0.25, -0.2) is 8.42 Å². The second kappa shape index (κ2) is 4.72. The minimum atomic E-state index is -5.44. The normalized spacial score (nSPS) is 14.3. The molecule has 0 bridgehead atoms. The second-order valence-corrected chi connectivity index (χ2v) is 5.73. The van der Waals surface area contributed by atoms with Gasteiger partial charge in [-0.15, -0.1) is 0 Å². The number of halogens is 3. The quantitative estimate of drug-likeness (QED) is 0.855. The number of hydrogen-bond donors (Lipinski definition) is 0. The Kier molecular flexibility index (Phi) is 3.85. The average molecular weight is 280 g/mol. The molecule has 0 radical (unpaired) electrons. The Labute approximate surface area is 103 Å². The van der Waals surface area contributed by atoms with Crippen LogP contribution in [0.25, 0.3) is 0 Å². The van der Waals surface area contributed by atoms with Crippen molar-refractivity contribution in [2.24, 2.45) is 0 Å². The summed E-state index contributed by atoms with van der Waals surface area (Å²) < 4.78 is 60.2. The third-order valence-electron chi connectivity index (χ3n) is 2.59. The van der Waals surface area contributed by atoms with E-state index < -0.39 is 31.9 Å². The van der Waals surface area contributed by atoms with Gasteiger partial charge in [-0.3, -0.25) is 4.79 Å². The zero-order chi connectivity index (χ0) is 14.1. The van der Waals surface area contributed by atoms with Crippen LogP contribution < -0.4 is 0 Å². The van der Waals surface area contributed by atoms with Gasteiger partial charge in [-0.1, -0.05) is 25.1 Å². The molecular weight excluding hydrogens is 269 g/mol. The second-order valence-electron chi connectivity index (χ2n) is 3.82. The Balaban J connectivity index is 3.49. The molecule has 0 aliphatic rings. The summed E-state index contributed by atoms with van der Waals surface area (Å²) in [5.41, 5.74) is -5.51. The lowest BCUT2D eigenvalue weighted by Crippen LogP contribution is -2.25. The number of rotatable bonds is 3. The number of carbonyl (C=O) groups excluding carboxylic acids is 1. The van der Waals surface area contributed by atoms with Crippen LogP contribution in [0.2, 0.25) is 0 Å². The zero-order valence-electron chi connectivity index (χ0n) is 9.65. The van der Waals surface area contributed by atoms with Crippen molar-refractivity contribution in [1.82, 2.24) is 0 Å². The summed E-state index contributed by atoms with van der Waals surface area (Å²) in [7, 11) is -5.44. The minimum Gasteiger partial charge on any atom is -0.299 e. The van der Waals surface area contributed by atoms with Gasteiger partial charge in [0.05, 0.1) is 4.90 Å². The van der Waals surface area contributed by atoms with E-state index in [1.807, 2.05) is 0 Å². The summed E-state index contributed by atoms with van der Waals surface area (Å²) in [6.45, 7) is 2.56. The van der Waals surface area contributed by atoms with Crippen LogP contribution in [0.4, 0.5) is 13.2 Å². The number of hydrogen-bond acceptors (Lipinski definition) is 3. The summed E-state index contributed by atoms with van der Waals surface area (Å²) in [6.07, 6.45) is 0. The van der Waals surface area contributed by atoms with Crippen LogP contribution in [0.15, 0.2) is 29.2 Å². The van der Waals surface area contributed by atoms with Gasteiger partial charge in [0.25, 0.3) is 9.84 Å². The van der Waals surface area contributed by atoms with Crippen molar-refractivity contribution in [2.45, 2.75) is 30.2 Å². The number of Topliss-reactive ketones (excluding diaryl/α,β-unsaturated/α-hetero) is 1. The first-order chi connectivity index (χ1) is 8.09. The van der Waals surface area contributed by atoms with E-state index in [0.29, 0.717) is 0 Å². The standard InChI is InChI=1S/C11H11F3O3S/c1-7(8(2)15)9-5-3-4-6-10(9)18(16,17)11(12,13)14/h3-7H,1-2H3. The number of benzene rings is 1. The third kappa shape index (κ3) is 2.55. The van der Waals surface area contributed by atoms with E-state index in [1.165, 1.54) is 32.0 Å². The number of sulfone groups is 1. The molecule has 7 heteroatoms. The Morgan fingerprint density at radius 2 is 1.72 bits per heavy atom. The van der Waals surface area contributed by atoms with Crippen LogP contribution in [0.5, 0.6) is 0 Å². The molecule has 0 aliphatic carbocycles. The Bertz CT molecular complexity index is 561. The molecule has 0 aliphatic heterocycles. The molecule has 0 N–H and O–H groups in total. The summed E-state index contributed by atoms with van der Waals surface area (Å²) in [4.78, 5) is 10.3. The zero-order valence-corrected chi connectivity index (χ0v) is 10.5. The fourth-order valence-corrected chi connectivity index (χ4v) is 2.49. The van der Waals surface area contributed by atoms with Gasteiger partial charge in [0.2, 0.25) is 0 Å². The maximum atomic E-state index is 12.5. The molecule has 0 spiro atoms. The summed E-state index contributed by atoms with van der Waals surface area (Å²) in [5, 5.41) is 0. The third-order valence-corrected chi connectivity index (χ3v) is 4.15. The summed E-state index contributed by atoms with van der Waals surface area (Å²) in [5.74, 6) is -1.31. The first-order valence-corrected chi connectivity index (χ1v) is 6.48. The van der Waals surface area contributed by atoms with Crippen LogP contribution in [-0.2, 0) is 14.6 Å². The molecular formula is C11H11F3O3S. The Hall–Kier alpha value is -1.37. The molecule has 0 aromatic heterocycles. The van der Waals surface area contributed by atoms with Crippen molar-refractivity contribution in [3.05, 3.63) is 29.8 Å². The maximum absolute atomic E-state index is 12.5. The lowest BCUT2D eigenvalue weighted by molar-refractivity contribution is -0.118. The smallest absolute Gasteiger partial charge is 0.299 e. The average Bonchev–Trinajstić information content (AvgIpc) is 2.26. The molecule has 0 amide bonds. The van der Waals surface area contributed by atoms with E-state index in [-0.39, 0.29) is 5.56 Å². The SMILES string of the molecule is CC(=O)C(C)c1ccccc1S(=O)(=O)C(F)(F)F. The molecule has 0 heterocycles. The van der Waals surface area contributed by atoms with Crippen molar-refractivity contribution in [3.63, 3.8) is 0 Å². The van der Waals surface area contributed by atoms with E-state index in [4.69, 9.17) is 0 Å². The highest BCUT2D eigenvalue weighted by molar-refractivity contribution is 7.92. The Morgan fingerprint density at radius 3 is 2.17 bits per heavy atom. The molecule has 1 aromatic carbocycles. The maximum Gasteiger partial charge on any atom is 0.501 e. The molecule has 100 valence electrons. The molecule has 0 saturated heterocycles. The van der Waals surface area contributed by atoms with Crippen molar-refractivity contribution in [1.29, 1.82) is 0 Å². The summed E-state index contributed by atoms with van der Waals surface area (Å²) in [6, 6.07) is 4.65. The minimum absolute atomic E-state index is 0.137. The van der Waals surface area contributed by atoms with Crippen molar-refractivity contribution in [2.75, 3.05) is 0 Å². The molecule has 1 unspecified atom stereocenters. The first kappa shape index (κ1) is 14.7. The van der Waals surface area contributed by atoms with Gasteiger partial charge in [0, 0.05) is 5.92 Å². The van der Waals surface area contributed by atoms with Crippen LogP contribution in [-0.4, -0.2) is 19.7 Å². The van der Waals surface area contributed by atoms with Gasteiger partial charge in [-0.05, 0) is 18.6 Å². The van der Waals surface area contributed by atoms with Crippen molar-refractivity contribution >= 4 is 15.6 Å². The monoisotopic (exact) mass is 280 g/mol. The van der Waals surface area contributed by atoms with Gasteiger partial charge >= 0.3 is 5.51 Å². The van der Waals surface area contributed by atoms with Gasteiger partial charge in [0.15, 0.2) is 0 Å². The fourth-order valence-electron chi connectivity index (χ4n) is 1.43. The highest BCUT2D eigenvalue weighted by Crippen LogP contribution is 2.34. The fraction of sp³-hybridized carbons (Fsp3) is 0.364. The lowest BCUT2D eigenvalue weighted by Gasteiger charge is -2.15. The van der Waals surface area contributed by atoms with Crippen LogP contribution in [0.3, 0.4) is 0 Å². The first-order valence-electron chi connectivity index (χ1n) is 4.99. The molecule has 0 fully saturated rings. The topological polar surface area (TPSA) is 51.2 Å². The lowest BCUT2D eigenvalue weighted by atomic mass is 9.98. The summed E-state index contributed by atoms with van der Waals surface area (Å²) >= 11 is 0. The molecule has 3 nitrogen and oxygen atoms in total.